The molecule has 17 heavy (non-hydrogen) atoms. The molecule has 0 amide bonds. The van der Waals surface area contributed by atoms with Gasteiger partial charge in [0.25, 0.3) is 0 Å². The van der Waals surface area contributed by atoms with Crippen molar-refractivity contribution >= 4 is 11.9 Å². The number of ether oxygens (including phenoxy) is 1. The molecule has 0 bridgehead atoms. The Morgan fingerprint density at radius 1 is 1.00 bits per heavy atom. The van der Waals surface area contributed by atoms with E-state index in [0.717, 1.165) is 0 Å². The molecule has 0 aromatic heterocycles. The SMILES string of the molecule is CC(C)(C)C(O)(OC(=O)CC(=O)O)C(C)(C)C. The van der Waals surface area contributed by atoms with Crippen LogP contribution in [0, 0.1) is 10.8 Å². The van der Waals surface area contributed by atoms with Gasteiger partial charge in [0, 0.05) is 10.8 Å². The predicted octanol–water partition coefficient (Wildman–Crippen LogP) is 1.79. The molecular weight excluding hydrogens is 224 g/mol. The summed E-state index contributed by atoms with van der Waals surface area (Å²) in [4.78, 5) is 21.8. The number of carbonyl (C=O) groups excluding carboxylic acids is 1. The normalized spacial score (nSPS) is 13.4. The van der Waals surface area contributed by atoms with Gasteiger partial charge in [-0.3, -0.25) is 9.59 Å². The van der Waals surface area contributed by atoms with E-state index in [4.69, 9.17) is 9.84 Å². The molecule has 0 aliphatic heterocycles. The Morgan fingerprint density at radius 2 is 1.35 bits per heavy atom. The van der Waals surface area contributed by atoms with Gasteiger partial charge in [0.15, 0.2) is 0 Å². The van der Waals surface area contributed by atoms with E-state index in [1.807, 2.05) is 0 Å². The van der Waals surface area contributed by atoms with E-state index in [9.17, 15) is 14.7 Å². The summed E-state index contributed by atoms with van der Waals surface area (Å²) in [5, 5.41) is 19.0. The number of hydrogen-bond donors (Lipinski definition) is 2. The van der Waals surface area contributed by atoms with Crippen molar-refractivity contribution in [2.75, 3.05) is 0 Å². The molecule has 100 valence electrons. The van der Waals surface area contributed by atoms with Crippen molar-refractivity contribution in [2.24, 2.45) is 10.8 Å². The summed E-state index contributed by atoms with van der Waals surface area (Å²) in [6.45, 7) is 10.4. The highest BCUT2D eigenvalue weighted by molar-refractivity contribution is 5.90. The van der Waals surface area contributed by atoms with Crippen molar-refractivity contribution in [3.63, 3.8) is 0 Å². The molecule has 0 aromatic rings. The molecule has 0 aliphatic carbocycles. The van der Waals surface area contributed by atoms with E-state index in [0.29, 0.717) is 0 Å². The van der Waals surface area contributed by atoms with Crippen LogP contribution in [0.4, 0.5) is 0 Å². The second-order valence-electron chi connectivity index (χ2n) is 6.19. The molecule has 2 N–H and O–H groups in total. The summed E-state index contributed by atoms with van der Waals surface area (Å²) in [7, 11) is 0. The molecular formula is C12H22O5. The molecule has 0 spiro atoms. The molecule has 0 aliphatic rings. The van der Waals surface area contributed by atoms with Gasteiger partial charge in [0.05, 0.1) is 0 Å². The fourth-order valence-electron chi connectivity index (χ4n) is 1.76. The number of esters is 1. The second-order valence-corrected chi connectivity index (χ2v) is 6.19. The van der Waals surface area contributed by atoms with Crippen molar-refractivity contribution < 1.29 is 24.5 Å². The quantitative estimate of drug-likeness (QED) is 0.450. The number of aliphatic carboxylic acids is 1. The first-order chi connectivity index (χ1) is 7.31. The number of aliphatic hydroxyl groups is 1. The monoisotopic (exact) mass is 246 g/mol. The Morgan fingerprint density at radius 3 is 1.59 bits per heavy atom. The molecule has 0 radical (unpaired) electrons. The van der Waals surface area contributed by atoms with E-state index >= 15 is 0 Å². The smallest absolute Gasteiger partial charge is 0.319 e. The summed E-state index contributed by atoms with van der Waals surface area (Å²) >= 11 is 0. The summed E-state index contributed by atoms with van der Waals surface area (Å²) < 4.78 is 5.01. The Balaban J connectivity index is 5.12. The van der Waals surface area contributed by atoms with Gasteiger partial charge in [-0.25, -0.2) is 0 Å². The van der Waals surface area contributed by atoms with Crippen LogP contribution in [0.25, 0.3) is 0 Å². The Labute approximate surface area is 102 Å². The summed E-state index contributed by atoms with van der Waals surface area (Å²) in [6.07, 6.45) is -0.755. The molecule has 5 heteroatoms. The average Bonchev–Trinajstić information content (AvgIpc) is 1.97. The lowest BCUT2D eigenvalue weighted by Crippen LogP contribution is -2.56. The van der Waals surface area contributed by atoms with Gasteiger partial charge in [-0.15, -0.1) is 0 Å². The Hall–Kier alpha value is -1.10. The number of rotatable bonds is 3. The molecule has 5 nitrogen and oxygen atoms in total. The maximum atomic E-state index is 11.4. The Bertz CT molecular complexity index is 292. The van der Waals surface area contributed by atoms with E-state index in [1.54, 1.807) is 41.5 Å². The van der Waals surface area contributed by atoms with E-state index in [-0.39, 0.29) is 0 Å². The van der Waals surface area contributed by atoms with Crippen molar-refractivity contribution in [2.45, 2.75) is 53.8 Å². The van der Waals surface area contributed by atoms with Gasteiger partial charge in [-0.2, -0.15) is 0 Å². The second kappa shape index (κ2) is 4.64. The molecule has 0 heterocycles. The molecule has 0 saturated heterocycles. The summed E-state index contributed by atoms with van der Waals surface area (Å²) in [5.74, 6) is -3.95. The molecule has 0 atom stereocenters. The van der Waals surface area contributed by atoms with Crippen LogP contribution in [0.2, 0.25) is 0 Å². The number of hydrogen-bond acceptors (Lipinski definition) is 4. The molecule has 0 aromatic carbocycles. The van der Waals surface area contributed by atoms with Gasteiger partial charge in [0.1, 0.15) is 6.42 Å². The third-order valence-corrected chi connectivity index (χ3v) is 2.59. The van der Waals surface area contributed by atoms with Crippen LogP contribution >= 0.6 is 0 Å². The zero-order valence-electron chi connectivity index (χ0n) is 11.3. The first kappa shape index (κ1) is 15.9. The predicted molar refractivity (Wildman–Crippen MR) is 62.2 cm³/mol. The van der Waals surface area contributed by atoms with Crippen molar-refractivity contribution in [3.05, 3.63) is 0 Å². The molecule has 0 saturated carbocycles. The minimum atomic E-state index is -1.73. The highest BCUT2D eigenvalue weighted by Gasteiger charge is 2.53. The largest absolute Gasteiger partial charge is 0.481 e. The number of carboxylic acids is 1. The van der Waals surface area contributed by atoms with Crippen molar-refractivity contribution in [1.29, 1.82) is 0 Å². The van der Waals surface area contributed by atoms with Crippen molar-refractivity contribution in [3.8, 4) is 0 Å². The number of carbonyl (C=O) groups is 2. The average molecular weight is 246 g/mol. The van der Waals surface area contributed by atoms with E-state index in [2.05, 4.69) is 0 Å². The summed E-state index contributed by atoms with van der Waals surface area (Å²) in [6, 6.07) is 0. The van der Waals surface area contributed by atoms with Crippen LogP contribution in [-0.4, -0.2) is 27.9 Å². The molecule has 0 unspecified atom stereocenters. The van der Waals surface area contributed by atoms with Crippen LogP contribution in [0.1, 0.15) is 48.0 Å². The van der Waals surface area contributed by atoms with Crippen molar-refractivity contribution in [1.82, 2.24) is 0 Å². The number of carboxylic acid groups (broad SMARTS) is 1. The lowest BCUT2D eigenvalue weighted by Gasteiger charge is -2.47. The third kappa shape index (κ3) is 3.70. The third-order valence-electron chi connectivity index (χ3n) is 2.59. The molecule has 0 rings (SSSR count). The van der Waals surface area contributed by atoms with Gasteiger partial charge in [0.2, 0.25) is 5.79 Å². The van der Waals surface area contributed by atoms with Crippen LogP contribution in [0.3, 0.4) is 0 Å². The van der Waals surface area contributed by atoms with E-state index < -0.39 is 35.0 Å². The first-order valence-electron chi connectivity index (χ1n) is 5.47. The summed E-state index contributed by atoms with van der Waals surface area (Å²) in [5.41, 5.74) is -1.45. The Kier molecular flexibility index (Phi) is 4.34. The van der Waals surface area contributed by atoms with Crippen LogP contribution in [0.15, 0.2) is 0 Å². The zero-order chi connectivity index (χ0) is 14.1. The fourth-order valence-corrected chi connectivity index (χ4v) is 1.76. The maximum absolute atomic E-state index is 11.4. The molecule has 0 fully saturated rings. The fraction of sp³-hybridized carbons (Fsp3) is 0.833. The topological polar surface area (TPSA) is 83.8 Å². The lowest BCUT2D eigenvalue weighted by atomic mass is 9.70. The highest BCUT2D eigenvalue weighted by Crippen LogP contribution is 2.44. The van der Waals surface area contributed by atoms with Crippen LogP contribution < -0.4 is 0 Å². The minimum absolute atomic E-state index is 0.723. The van der Waals surface area contributed by atoms with Gasteiger partial charge < -0.3 is 14.9 Å². The maximum Gasteiger partial charge on any atom is 0.319 e. The standard InChI is InChI=1S/C12H22O5/c1-10(2,3)12(16,11(4,5)6)17-9(15)7-8(13)14/h16H,7H2,1-6H3,(H,13,14). The van der Waals surface area contributed by atoms with Gasteiger partial charge in [-0.1, -0.05) is 41.5 Å². The van der Waals surface area contributed by atoms with E-state index in [1.165, 1.54) is 0 Å². The minimum Gasteiger partial charge on any atom is -0.481 e. The highest BCUT2D eigenvalue weighted by atomic mass is 16.7. The van der Waals surface area contributed by atoms with Gasteiger partial charge >= 0.3 is 11.9 Å². The zero-order valence-corrected chi connectivity index (χ0v) is 11.3. The first-order valence-corrected chi connectivity index (χ1v) is 5.47. The van der Waals surface area contributed by atoms with Crippen LogP contribution in [-0.2, 0) is 14.3 Å². The lowest BCUT2D eigenvalue weighted by molar-refractivity contribution is -0.297. The van der Waals surface area contributed by atoms with Crippen LogP contribution in [0.5, 0.6) is 0 Å². The van der Waals surface area contributed by atoms with Gasteiger partial charge in [-0.05, 0) is 0 Å².